The Labute approximate surface area is 165 Å². The van der Waals surface area contributed by atoms with Gasteiger partial charge in [0, 0.05) is 16.3 Å². The third-order valence-electron chi connectivity index (χ3n) is 4.01. The maximum atomic E-state index is 12.4. The van der Waals surface area contributed by atoms with Crippen LogP contribution in [0.4, 0.5) is 0 Å². The zero-order valence-corrected chi connectivity index (χ0v) is 16.3. The van der Waals surface area contributed by atoms with Gasteiger partial charge in [0.1, 0.15) is 5.69 Å². The summed E-state index contributed by atoms with van der Waals surface area (Å²) in [5.74, 6) is -0.691. The van der Waals surface area contributed by atoms with Crippen molar-refractivity contribution in [3.63, 3.8) is 0 Å². The molecule has 8 nitrogen and oxygen atoms in total. The van der Waals surface area contributed by atoms with Gasteiger partial charge in [0.2, 0.25) is 5.89 Å². The van der Waals surface area contributed by atoms with Crippen molar-refractivity contribution >= 4 is 23.5 Å². The standard InChI is InChI=1S/C19H18ClN3O5/c1-4-26-18(24)15-10(2)16(21-11(15)3)19(25)27-9-14-22-23-17(28-14)12-5-7-13(20)8-6-12/h5-8,21H,4,9H2,1-3H3. The number of rotatable bonds is 6. The first-order valence-corrected chi connectivity index (χ1v) is 8.90. The van der Waals surface area contributed by atoms with Crippen molar-refractivity contribution in [1.82, 2.24) is 15.2 Å². The molecule has 2 aromatic heterocycles. The van der Waals surface area contributed by atoms with Crippen LogP contribution in [0.25, 0.3) is 11.5 Å². The van der Waals surface area contributed by atoms with E-state index in [1.165, 1.54) is 0 Å². The number of nitrogens with one attached hydrogen (secondary N) is 1. The third kappa shape index (κ3) is 4.07. The molecule has 2 heterocycles. The van der Waals surface area contributed by atoms with Crippen LogP contribution in [0.1, 0.15) is 44.9 Å². The number of hydrogen-bond acceptors (Lipinski definition) is 7. The molecule has 1 N–H and O–H groups in total. The summed E-state index contributed by atoms with van der Waals surface area (Å²) < 4.78 is 15.7. The van der Waals surface area contributed by atoms with E-state index in [-0.39, 0.29) is 24.8 Å². The predicted molar refractivity (Wildman–Crippen MR) is 100 cm³/mol. The van der Waals surface area contributed by atoms with Crippen LogP contribution < -0.4 is 0 Å². The number of nitrogens with zero attached hydrogens (tertiary/aromatic N) is 2. The lowest BCUT2D eigenvalue weighted by molar-refractivity contribution is 0.0431. The fourth-order valence-corrected chi connectivity index (χ4v) is 2.81. The van der Waals surface area contributed by atoms with Gasteiger partial charge in [-0.05, 0) is 50.6 Å². The van der Waals surface area contributed by atoms with Crippen molar-refractivity contribution < 1.29 is 23.5 Å². The van der Waals surface area contributed by atoms with E-state index in [0.29, 0.717) is 33.3 Å². The summed E-state index contributed by atoms with van der Waals surface area (Å²) >= 11 is 5.85. The minimum absolute atomic E-state index is 0.143. The molecule has 0 bridgehead atoms. The zero-order chi connectivity index (χ0) is 20.3. The van der Waals surface area contributed by atoms with Gasteiger partial charge < -0.3 is 18.9 Å². The number of ether oxygens (including phenoxy) is 2. The molecule has 0 unspecified atom stereocenters. The van der Waals surface area contributed by atoms with Crippen LogP contribution in [0.5, 0.6) is 0 Å². The molecule has 0 saturated carbocycles. The van der Waals surface area contributed by atoms with Crippen LogP contribution in [-0.2, 0) is 16.1 Å². The van der Waals surface area contributed by atoms with Gasteiger partial charge in [-0.3, -0.25) is 0 Å². The van der Waals surface area contributed by atoms with Crippen molar-refractivity contribution in [2.24, 2.45) is 0 Å². The maximum absolute atomic E-state index is 12.4. The Morgan fingerprint density at radius 2 is 1.82 bits per heavy atom. The molecule has 1 aromatic carbocycles. The van der Waals surface area contributed by atoms with Crippen molar-refractivity contribution in [1.29, 1.82) is 0 Å². The second kappa shape index (κ2) is 8.26. The number of aromatic amines is 1. The highest BCUT2D eigenvalue weighted by Gasteiger charge is 2.24. The minimum atomic E-state index is -0.637. The van der Waals surface area contributed by atoms with Crippen molar-refractivity contribution in [2.75, 3.05) is 6.61 Å². The zero-order valence-electron chi connectivity index (χ0n) is 15.5. The monoisotopic (exact) mass is 403 g/mol. The summed E-state index contributed by atoms with van der Waals surface area (Å²) in [6, 6.07) is 6.90. The number of aryl methyl sites for hydroxylation is 1. The molecule has 0 aliphatic rings. The normalized spacial score (nSPS) is 10.7. The number of aromatic nitrogens is 3. The molecule has 0 fully saturated rings. The lowest BCUT2D eigenvalue weighted by Crippen LogP contribution is -2.09. The van der Waals surface area contributed by atoms with Crippen molar-refractivity contribution in [3.05, 3.63) is 57.7 Å². The highest BCUT2D eigenvalue weighted by atomic mass is 35.5. The number of carbonyl (C=O) groups excluding carboxylic acids is 2. The Balaban J connectivity index is 1.69. The van der Waals surface area contributed by atoms with Crippen LogP contribution in [0.15, 0.2) is 28.7 Å². The Bertz CT molecular complexity index is 1010. The number of benzene rings is 1. The SMILES string of the molecule is CCOC(=O)c1c(C)[nH]c(C(=O)OCc2nnc(-c3ccc(Cl)cc3)o2)c1C. The summed E-state index contributed by atoms with van der Waals surface area (Å²) in [5.41, 5.74) is 2.21. The van der Waals surface area contributed by atoms with Gasteiger partial charge >= 0.3 is 11.9 Å². The second-order valence-electron chi connectivity index (χ2n) is 5.93. The van der Waals surface area contributed by atoms with E-state index < -0.39 is 11.9 Å². The Morgan fingerprint density at radius 3 is 2.50 bits per heavy atom. The predicted octanol–water partition coefficient (Wildman–Crippen LogP) is 3.87. The molecule has 0 radical (unpaired) electrons. The molecule has 146 valence electrons. The Morgan fingerprint density at radius 1 is 1.11 bits per heavy atom. The molecule has 0 amide bonds. The first-order chi connectivity index (χ1) is 13.4. The lowest BCUT2D eigenvalue weighted by Gasteiger charge is -2.03. The molecule has 3 aromatic rings. The Hall–Kier alpha value is -3.13. The van der Waals surface area contributed by atoms with Gasteiger partial charge in [0.15, 0.2) is 6.61 Å². The highest BCUT2D eigenvalue weighted by molar-refractivity contribution is 6.30. The summed E-state index contributed by atoms with van der Waals surface area (Å²) in [7, 11) is 0. The summed E-state index contributed by atoms with van der Waals surface area (Å²) in [4.78, 5) is 27.3. The van der Waals surface area contributed by atoms with Gasteiger partial charge in [-0.2, -0.15) is 0 Å². The van der Waals surface area contributed by atoms with E-state index >= 15 is 0 Å². The topological polar surface area (TPSA) is 107 Å². The van der Waals surface area contributed by atoms with Gasteiger partial charge in [-0.1, -0.05) is 11.6 Å². The first kappa shape index (κ1) is 19.6. The van der Waals surface area contributed by atoms with E-state index in [2.05, 4.69) is 15.2 Å². The molecular formula is C19H18ClN3O5. The number of H-pyrrole nitrogens is 1. The van der Waals surface area contributed by atoms with Crippen molar-refractivity contribution in [2.45, 2.75) is 27.4 Å². The molecule has 0 aliphatic heterocycles. The van der Waals surface area contributed by atoms with Gasteiger partial charge in [0.05, 0.1) is 12.2 Å². The first-order valence-electron chi connectivity index (χ1n) is 8.52. The van der Waals surface area contributed by atoms with Gasteiger partial charge in [0.25, 0.3) is 5.89 Å². The third-order valence-corrected chi connectivity index (χ3v) is 4.26. The van der Waals surface area contributed by atoms with Crippen LogP contribution in [0, 0.1) is 13.8 Å². The van der Waals surface area contributed by atoms with Crippen LogP contribution >= 0.6 is 11.6 Å². The fourth-order valence-electron chi connectivity index (χ4n) is 2.68. The van der Waals surface area contributed by atoms with Crippen LogP contribution in [0.3, 0.4) is 0 Å². The summed E-state index contributed by atoms with van der Waals surface area (Å²) in [6.07, 6.45) is 0. The number of esters is 2. The summed E-state index contributed by atoms with van der Waals surface area (Å²) in [6.45, 7) is 5.10. The molecule has 0 aliphatic carbocycles. The lowest BCUT2D eigenvalue weighted by atomic mass is 10.1. The van der Waals surface area contributed by atoms with E-state index in [1.807, 2.05) is 0 Å². The average molecular weight is 404 g/mol. The molecule has 0 atom stereocenters. The smallest absolute Gasteiger partial charge is 0.355 e. The van der Waals surface area contributed by atoms with Gasteiger partial charge in [-0.15, -0.1) is 10.2 Å². The van der Waals surface area contributed by atoms with Crippen LogP contribution in [0.2, 0.25) is 5.02 Å². The van der Waals surface area contributed by atoms with Crippen LogP contribution in [-0.4, -0.2) is 33.7 Å². The quantitative estimate of drug-likeness (QED) is 0.622. The van der Waals surface area contributed by atoms with E-state index in [0.717, 1.165) is 0 Å². The largest absolute Gasteiger partial charge is 0.462 e. The fraction of sp³-hybridized carbons (Fsp3) is 0.263. The highest BCUT2D eigenvalue weighted by Crippen LogP contribution is 2.22. The van der Waals surface area contributed by atoms with E-state index in [4.69, 9.17) is 25.5 Å². The molecule has 28 heavy (non-hydrogen) atoms. The van der Waals surface area contributed by atoms with E-state index in [9.17, 15) is 9.59 Å². The molecule has 0 saturated heterocycles. The second-order valence-corrected chi connectivity index (χ2v) is 6.37. The minimum Gasteiger partial charge on any atom is -0.462 e. The molecule has 3 rings (SSSR count). The molecule has 9 heteroatoms. The van der Waals surface area contributed by atoms with Crippen molar-refractivity contribution in [3.8, 4) is 11.5 Å². The van der Waals surface area contributed by atoms with E-state index in [1.54, 1.807) is 45.0 Å². The summed E-state index contributed by atoms with van der Waals surface area (Å²) in [5, 5.41) is 8.39. The van der Waals surface area contributed by atoms with Gasteiger partial charge in [-0.25, -0.2) is 9.59 Å². The number of hydrogen-bond donors (Lipinski definition) is 1. The maximum Gasteiger partial charge on any atom is 0.355 e. The molecular weight excluding hydrogens is 386 g/mol. The number of halogens is 1. The Kier molecular flexibility index (Phi) is 5.79. The average Bonchev–Trinajstić information content (AvgIpc) is 3.25. The molecule has 0 spiro atoms. The number of carbonyl (C=O) groups is 2.